The van der Waals surface area contributed by atoms with Crippen LogP contribution >= 0.6 is 0 Å². The number of carbonyl (C=O) groups excluding carboxylic acids is 4. The van der Waals surface area contributed by atoms with Crippen molar-refractivity contribution < 1.29 is 23.9 Å². The van der Waals surface area contributed by atoms with Gasteiger partial charge < -0.3 is 10.1 Å². The summed E-state index contributed by atoms with van der Waals surface area (Å²) in [4.78, 5) is 52.6. The molecule has 1 aliphatic rings. The van der Waals surface area contributed by atoms with E-state index in [4.69, 9.17) is 4.74 Å². The number of carbonyl (C=O) groups is 4. The highest BCUT2D eigenvalue weighted by atomic mass is 16.5. The minimum atomic E-state index is -0.337. The predicted molar refractivity (Wildman–Crippen MR) is 173 cm³/mol. The number of benzene rings is 5. The van der Waals surface area contributed by atoms with Gasteiger partial charge in [-0.2, -0.15) is 0 Å². The Morgan fingerprint density at radius 1 is 0.667 bits per heavy atom. The Balaban J connectivity index is 1.05. The van der Waals surface area contributed by atoms with Crippen LogP contribution in [0.5, 0.6) is 11.5 Å². The lowest BCUT2D eigenvalue weighted by atomic mass is 10.1. The number of hydrogen-bond donors (Lipinski definition) is 1. The van der Waals surface area contributed by atoms with E-state index >= 15 is 0 Å². The van der Waals surface area contributed by atoms with E-state index in [1.54, 1.807) is 72.8 Å². The van der Waals surface area contributed by atoms with Crippen LogP contribution in [-0.4, -0.2) is 34.9 Å². The largest absolute Gasteiger partial charge is 0.457 e. The van der Waals surface area contributed by atoms with Crippen LogP contribution in [0.1, 0.15) is 52.6 Å². The van der Waals surface area contributed by atoms with Crippen molar-refractivity contribution in [3.05, 3.63) is 167 Å². The number of hydrogen-bond acceptors (Lipinski definition) is 5. The number of nitrogens with one attached hydrogen (secondary N) is 1. The quantitative estimate of drug-likeness (QED) is 0.103. The number of ketones is 1. The molecule has 1 aliphatic heterocycles. The van der Waals surface area contributed by atoms with Crippen LogP contribution in [-0.2, 0) is 6.42 Å². The smallest absolute Gasteiger partial charge is 0.261 e. The molecule has 5 aromatic carbocycles. The van der Waals surface area contributed by atoms with Gasteiger partial charge in [0.2, 0.25) is 0 Å². The molecule has 0 spiro atoms. The SMILES string of the molecule is O=C(/C=C/c1ccc(Oc2ccccc2)cc1)c1cccc(NC(=O)c2cccc(CCN3C(=O)c4ccccc4C3=O)c2)c1. The number of amides is 3. The second kappa shape index (κ2) is 13.1. The van der Waals surface area contributed by atoms with Crippen LogP contribution in [0.4, 0.5) is 5.69 Å². The third-order valence-corrected chi connectivity index (χ3v) is 7.38. The first kappa shape index (κ1) is 29.0. The van der Waals surface area contributed by atoms with E-state index in [0.29, 0.717) is 40.1 Å². The number of allylic oxidation sites excluding steroid dienone is 1. The zero-order valence-electron chi connectivity index (χ0n) is 24.2. The first-order chi connectivity index (χ1) is 21.9. The molecular weight excluding hydrogens is 564 g/mol. The average molecular weight is 593 g/mol. The molecule has 0 atom stereocenters. The van der Waals surface area contributed by atoms with Gasteiger partial charge in [0.25, 0.3) is 17.7 Å². The molecule has 6 rings (SSSR count). The highest BCUT2D eigenvalue weighted by Gasteiger charge is 2.34. The number of fused-ring (bicyclic) bond motifs is 1. The monoisotopic (exact) mass is 592 g/mol. The predicted octanol–water partition coefficient (Wildman–Crippen LogP) is 7.47. The first-order valence-electron chi connectivity index (χ1n) is 14.5. The van der Waals surface area contributed by atoms with E-state index < -0.39 is 0 Å². The summed E-state index contributed by atoms with van der Waals surface area (Å²) < 4.78 is 5.81. The Labute approximate surface area is 260 Å². The van der Waals surface area contributed by atoms with Crippen LogP contribution in [0.15, 0.2) is 133 Å². The Morgan fingerprint density at radius 3 is 2.04 bits per heavy atom. The lowest BCUT2D eigenvalue weighted by Crippen LogP contribution is -2.31. The maximum Gasteiger partial charge on any atom is 0.261 e. The van der Waals surface area contributed by atoms with Crippen LogP contribution in [0.2, 0.25) is 0 Å². The standard InChI is InChI=1S/C38H28N2O5/c41-35(21-18-26-16-19-32(20-17-26)45-31-12-2-1-3-13-31)28-9-7-11-30(25-28)39-36(42)29-10-6-8-27(24-29)22-23-40-37(43)33-14-4-5-15-34(33)38(40)44/h1-21,24-25H,22-23H2,(H,39,42)/b21-18+. The number of anilines is 1. The molecule has 220 valence electrons. The Hall–Kier alpha value is -6.08. The van der Waals surface area contributed by atoms with E-state index in [-0.39, 0.29) is 30.0 Å². The minimum absolute atomic E-state index is 0.203. The van der Waals surface area contributed by atoms with Gasteiger partial charge in [0, 0.05) is 23.4 Å². The van der Waals surface area contributed by atoms with Gasteiger partial charge in [-0.3, -0.25) is 24.1 Å². The lowest BCUT2D eigenvalue weighted by molar-refractivity contribution is 0.0655. The molecule has 0 saturated heterocycles. The summed E-state index contributed by atoms with van der Waals surface area (Å²) in [5.74, 6) is 0.290. The normalized spacial score (nSPS) is 12.3. The van der Waals surface area contributed by atoms with Gasteiger partial charge in [-0.15, -0.1) is 0 Å². The van der Waals surface area contributed by atoms with Gasteiger partial charge in [-0.05, 0) is 84.3 Å². The maximum absolute atomic E-state index is 13.1. The molecule has 0 bridgehead atoms. The van der Waals surface area contributed by atoms with Crippen molar-refractivity contribution in [3.8, 4) is 11.5 Å². The summed E-state index contributed by atoms with van der Waals surface area (Å²) in [5, 5.41) is 2.86. The second-order valence-electron chi connectivity index (χ2n) is 10.5. The van der Waals surface area contributed by atoms with E-state index in [2.05, 4.69) is 5.32 Å². The van der Waals surface area contributed by atoms with Gasteiger partial charge in [-0.25, -0.2) is 0 Å². The van der Waals surface area contributed by atoms with Crippen molar-refractivity contribution in [1.29, 1.82) is 0 Å². The Kier molecular flexibility index (Phi) is 8.42. The van der Waals surface area contributed by atoms with Gasteiger partial charge in [0.1, 0.15) is 11.5 Å². The first-order valence-corrected chi connectivity index (χ1v) is 14.5. The summed E-state index contributed by atoms with van der Waals surface area (Å²) in [6.45, 7) is 0.209. The van der Waals surface area contributed by atoms with Gasteiger partial charge >= 0.3 is 0 Å². The molecule has 0 unspecified atom stereocenters. The van der Waals surface area contributed by atoms with Gasteiger partial charge in [0.15, 0.2) is 5.78 Å². The molecule has 45 heavy (non-hydrogen) atoms. The van der Waals surface area contributed by atoms with Crippen LogP contribution in [0.25, 0.3) is 6.08 Å². The molecular formula is C38H28N2O5. The molecule has 1 heterocycles. The van der Waals surface area contributed by atoms with E-state index in [9.17, 15) is 19.2 Å². The molecule has 0 fully saturated rings. The van der Waals surface area contributed by atoms with Crippen molar-refractivity contribution >= 4 is 35.3 Å². The number of para-hydroxylation sites is 1. The van der Waals surface area contributed by atoms with Crippen molar-refractivity contribution in [1.82, 2.24) is 4.90 Å². The molecule has 3 amide bonds. The summed E-state index contributed by atoms with van der Waals surface area (Å²) >= 11 is 0. The zero-order valence-corrected chi connectivity index (χ0v) is 24.2. The molecule has 0 aliphatic carbocycles. The molecule has 7 nitrogen and oxygen atoms in total. The maximum atomic E-state index is 13.1. The summed E-state index contributed by atoms with van der Waals surface area (Å²) in [5.41, 5.74) is 3.82. The van der Waals surface area contributed by atoms with Crippen molar-refractivity contribution in [2.75, 3.05) is 11.9 Å². The van der Waals surface area contributed by atoms with Crippen LogP contribution in [0, 0.1) is 0 Å². The summed E-state index contributed by atoms with van der Waals surface area (Å²) in [6.07, 6.45) is 3.63. The lowest BCUT2D eigenvalue weighted by Gasteiger charge is -2.14. The zero-order chi connectivity index (χ0) is 31.2. The fraction of sp³-hybridized carbons (Fsp3) is 0.0526. The fourth-order valence-corrected chi connectivity index (χ4v) is 5.04. The van der Waals surface area contributed by atoms with E-state index in [1.165, 1.54) is 11.0 Å². The molecule has 0 saturated carbocycles. The number of nitrogens with zero attached hydrogens (tertiary/aromatic N) is 1. The van der Waals surface area contributed by atoms with Gasteiger partial charge in [0.05, 0.1) is 11.1 Å². The molecule has 5 aromatic rings. The van der Waals surface area contributed by atoms with Gasteiger partial charge in [-0.1, -0.05) is 72.8 Å². The van der Waals surface area contributed by atoms with Crippen molar-refractivity contribution in [2.45, 2.75) is 6.42 Å². The topological polar surface area (TPSA) is 92.8 Å². The number of imide groups is 1. The summed E-state index contributed by atoms with van der Waals surface area (Å²) in [6, 6.07) is 37.5. The Morgan fingerprint density at radius 2 is 1.31 bits per heavy atom. The summed E-state index contributed by atoms with van der Waals surface area (Å²) in [7, 11) is 0. The van der Waals surface area contributed by atoms with Crippen LogP contribution in [0.3, 0.4) is 0 Å². The highest BCUT2D eigenvalue weighted by molar-refractivity contribution is 6.21. The minimum Gasteiger partial charge on any atom is -0.457 e. The third-order valence-electron chi connectivity index (χ3n) is 7.38. The molecule has 0 radical (unpaired) electrons. The number of ether oxygens (including phenoxy) is 1. The second-order valence-corrected chi connectivity index (χ2v) is 10.5. The third kappa shape index (κ3) is 6.78. The molecule has 7 heteroatoms. The molecule has 1 N–H and O–H groups in total. The fourth-order valence-electron chi connectivity index (χ4n) is 5.04. The molecule has 0 aromatic heterocycles. The average Bonchev–Trinajstić information content (AvgIpc) is 3.32. The van der Waals surface area contributed by atoms with Crippen molar-refractivity contribution in [2.24, 2.45) is 0 Å². The van der Waals surface area contributed by atoms with E-state index in [0.717, 1.165) is 16.9 Å². The Bertz CT molecular complexity index is 1890. The van der Waals surface area contributed by atoms with Crippen molar-refractivity contribution in [3.63, 3.8) is 0 Å². The van der Waals surface area contributed by atoms with Crippen LogP contribution < -0.4 is 10.1 Å². The van der Waals surface area contributed by atoms with E-state index in [1.807, 2.05) is 60.7 Å². The highest BCUT2D eigenvalue weighted by Crippen LogP contribution is 2.24. The number of rotatable bonds is 10.